The molecule has 1 unspecified atom stereocenters. The molecule has 0 aliphatic rings. The van der Waals surface area contributed by atoms with Crippen molar-refractivity contribution in [3.63, 3.8) is 0 Å². The molecule has 4 aromatic rings. The third kappa shape index (κ3) is 3.69. The molecule has 1 aromatic heterocycles. The van der Waals surface area contributed by atoms with Crippen LogP contribution in [0.25, 0.3) is 22.2 Å². The maximum absolute atomic E-state index is 12.9. The van der Waals surface area contributed by atoms with Crippen molar-refractivity contribution in [2.45, 2.75) is 5.92 Å². The zero-order chi connectivity index (χ0) is 20.2. The first-order valence-corrected chi connectivity index (χ1v) is 9.38. The van der Waals surface area contributed by atoms with Crippen molar-refractivity contribution < 1.29 is 14.3 Å². The third-order valence-electron chi connectivity index (χ3n) is 5.00. The molecule has 4 nitrogen and oxygen atoms in total. The fourth-order valence-electron chi connectivity index (χ4n) is 3.56. The molecule has 4 rings (SSSR count). The molecule has 3 aromatic carbocycles. The van der Waals surface area contributed by atoms with E-state index in [0.717, 1.165) is 33.3 Å². The summed E-state index contributed by atoms with van der Waals surface area (Å²) in [4.78, 5) is 17.7. The van der Waals surface area contributed by atoms with E-state index in [9.17, 15) is 4.79 Å². The Labute approximate surface area is 169 Å². The molecule has 0 radical (unpaired) electrons. The lowest BCUT2D eigenvalue weighted by Gasteiger charge is -2.19. The molecular weight excluding hydrogens is 362 g/mol. The summed E-state index contributed by atoms with van der Waals surface area (Å²) in [5.41, 5.74) is 4.30. The third-order valence-corrected chi connectivity index (χ3v) is 5.00. The summed E-state index contributed by atoms with van der Waals surface area (Å²) in [5, 5.41) is 0.864. The number of nitrogens with zero attached hydrogens (tertiary/aromatic N) is 1. The van der Waals surface area contributed by atoms with Crippen LogP contribution in [0.4, 0.5) is 0 Å². The summed E-state index contributed by atoms with van der Waals surface area (Å²) >= 11 is 0. The van der Waals surface area contributed by atoms with Gasteiger partial charge in [-0.25, -0.2) is 4.98 Å². The van der Waals surface area contributed by atoms with Gasteiger partial charge in [0.15, 0.2) is 0 Å². The summed E-state index contributed by atoms with van der Waals surface area (Å²) in [5.74, 6) is -0.170. The molecule has 0 saturated heterocycles. The van der Waals surface area contributed by atoms with Gasteiger partial charge in [0.25, 0.3) is 0 Å². The van der Waals surface area contributed by atoms with Gasteiger partial charge in [0.2, 0.25) is 0 Å². The number of esters is 1. The summed E-state index contributed by atoms with van der Waals surface area (Å²) < 4.78 is 10.6. The second-order valence-electron chi connectivity index (χ2n) is 6.71. The molecule has 0 aliphatic carbocycles. The normalized spacial score (nSPS) is 11.8. The van der Waals surface area contributed by atoms with E-state index in [-0.39, 0.29) is 5.97 Å². The zero-order valence-corrected chi connectivity index (χ0v) is 16.3. The van der Waals surface area contributed by atoms with Crippen molar-refractivity contribution in [3.05, 3.63) is 96.1 Å². The van der Waals surface area contributed by atoms with Crippen LogP contribution in [-0.2, 0) is 9.53 Å². The van der Waals surface area contributed by atoms with Crippen LogP contribution in [-0.4, -0.2) is 25.2 Å². The number of carbonyl (C=O) groups excluding carboxylic acids is 1. The van der Waals surface area contributed by atoms with Gasteiger partial charge in [0, 0.05) is 10.9 Å². The molecule has 0 bridgehead atoms. The van der Waals surface area contributed by atoms with Gasteiger partial charge in [0.05, 0.1) is 25.4 Å². The Hall–Kier alpha value is -3.66. The van der Waals surface area contributed by atoms with Crippen LogP contribution in [0.5, 0.6) is 5.75 Å². The second-order valence-corrected chi connectivity index (χ2v) is 6.71. The van der Waals surface area contributed by atoms with Crippen molar-refractivity contribution >= 4 is 16.9 Å². The molecule has 0 saturated carbocycles. The fraction of sp³-hybridized carbons (Fsp3) is 0.120. The molecule has 0 amide bonds. The first-order chi connectivity index (χ1) is 14.2. The molecular formula is C25H21NO3. The first-order valence-electron chi connectivity index (χ1n) is 9.38. The highest BCUT2D eigenvalue weighted by molar-refractivity contribution is 5.93. The Kier molecular flexibility index (Phi) is 5.25. The number of hydrogen-bond donors (Lipinski definition) is 0. The van der Waals surface area contributed by atoms with Gasteiger partial charge >= 0.3 is 5.97 Å². The number of rotatable bonds is 5. The molecule has 0 spiro atoms. The van der Waals surface area contributed by atoms with E-state index in [0.29, 0.717) is 5.75 Å². The number of aromatic nitrogens is 1. The van der Waals surface area contributed by atoms with Gasteiger partial charge in [-0.3, -0.25) is 4.79 Å². The van der Waals surface area contributed by atoms with E-state index in [1.807, 2.05) is 84.9 Å². The van der Waals surface area contributed by atoms with Crippen LogP contribution >= 0.6 is 0 Å². The van der Waals surface area contributed by atoms with Gasteiger partial charge < -0.3 is 9.47 Å². The minimum atomic E-state index is -0.568. The van der Waals surface area contributed by atoms with E-state index in [1.54, 1.807) is 7.11 Å². The number of fused-ring (bicyclic) bond motifs is 1. The highest BCUT2D eigenvalue weighted by atomic mass is 16.5. The highest BCUT2D eigenvalue weighted by Crippen LogP contribution is 2.35. The molecule has 144 valence electrons. The summed E-state index contributed by atoms with van der Waals surface area (Å²) in [6.45, 7) is 0. The van der Waals surface area contributed by atoms with Crippen LogP contribution in [0.3, 0.4) is 0 Å². The van der Waals surface area contributed by atoms with E-state index in [1.165, 1.54) is 7.11 Å². The number of methoxy groups -OCH3 is 2. The van der Waals surface area contributed by atoms with Gasteiger partial charge in [-0.1, -0.05) is 60.7 Å². The van der Waals surface area contributed by atoms with Crippen LogP contribution < -0.4 is 4.74 Å². The topological polar surface area (TPSA) is 48.4 Å². The van der Waals surface area contributed by atoms with Crippen LogP contribution in [0.2, 0.25) is 0 Å². The minimum Gasteiger partial charge on any atom is -0.497 e. The Bertz CT molecular complexity index is 1140. The SMILES string of the molecule is COC(=O)C(c1ccccc1)c1cc(-c2ccccc2)nc2ccc(OC)cc12. The van der Waals surface area contributed by atoms with E-state index in [2.05, 4.69) is 0 Å². The molecule has 0 fully saturated rings. The van der Waals surface area contributed by atoms with Crippen molar-refractivity contribution in [1.82, 2.24) is 4.98 Å². The maximum atomic E-state index is 12.9. The number of hydrogen-bond acceptors (Lipinski definition) is 4. The monoisotopic (exact) mass is 383 g/mol. The second kappa shape index (κ2) is 8.15. The lowest BCUT2D eigenvalue weighted by Crippen LogP contribution is -2.16. The summed E-state index contributed by atoms with van der Waals surface area (Å²) in [6, 6.07) is 27.3. The van der Waals surface area contributed by atoms with Crippen molar-refractivity contribution in [2.75, 3.05) is 14.2 Å². The first kappa shape index (κ1) is 18.7. The minimum absolute atomic E-state index is 0.314. The average molecular weight is 383 g/mol. The van der Waals surface area contributed by atoms with Gasteiger partial charge in [-0.05, 0) is 35.4 Å². The van der Waals surface area contributed by atoms with Gasteiger partial charge in [-0.2, -0.15) is 0 Å². The lowest BCUT2D eigenvalue weighted by atomic mass is 9.88. The van der Waals surface area contributed by atoms with E-state index in [4.69, 9.17) is 14.5 Å². The predicted molar refractivity (Wildman–Crippen MR) is 114 cm³/mol. The number of benzene rings is 3. The summed E-state index contributed by atoms with van der Waals surface area (Å²) in [7, 11) is 3.04. The number of carbonyl (C=O) groups is 1. The molecule has 1 heterocycles. The van der Waals surface area contributed by atoms with Gasteiger partial charge in [-0.15, -0.1) is 0 Å². The predicted octanol–water partition coefficient (Wildman–Crippen LogP) is 5.22. The zero-order valence-electron chi connectivity index (χ0n) is 16.3. The Morgan fingerprint density at radius 1 is 0.862 bits per heavy atom. The molecule has 4 heteroatoms. The quantitative estimate of drug-likeness (QED) is 0.444. The van der Waals surface area contributed by atoms with Crippen LogP contribution in [0.1, 0.15) is 17.0 Å². The lowest BCUT2D eigenvalue weighted by molar-refractivity contribution is -0.141. The molecule has 1 atom stereocenters. The Balaban J connectivity index is 2.02. The van der Waals surface area contributed by atoms with Crippen LogP contribution in [0, 0.1) is 0 Å². The maximum Gasteiger partial charge on any atom is 0.317 e. The van der Waals surface area contributed by atoms with E-state index < -0.39 is 5.92 Å². The number of ether oxygens (including phenoxy) is 2. The van der Waals surface area contributed by atoms with Crippen LogP contribution in [0.15, 0.2) is 84.9 Å². The van der Waals surface area contributed by atoms with Crippen molar-refractivity contribution in [1.29, 1.82) is 0 Å². The molecule has 29 heavy (non-hydrogen) atoms. The standard InChI is InChI=1S/C25H21NO3/c1-28-19-13-14-22-20(15-19)21(16-23(26-22)17-9-5-3-6-10-17)24(25(27)29-2)18-11-7-4-8-12-18/h3-16,24H,1-2H3. The Morgan fingerprint density at radius 2 is 1.55 bits per heavy atom. The van der Waals surface area contributed by atoms with Crippen molar-refractivity contribution in [3.8, 4) is 17.0 Å². The number of pyridine rings is 1. The Morgan fingerprint density at radius 3 is 2.21 bits per heavy atom. The molecule has 0 aliphatic heterocycles. The van der Waals surface area contributed by atoms with Crippen molar-refractivity contribution in [2.24, 2.45) is 0 Å². The fourth-order valence-corrected chi connectivity index (χ4v) is 3.56. The highest BCUT2D eigenvalue weighted by Gasteiger charge is 2.26. The smallest absolute Gasteiger partial charge is 0.317 e. The molecule has 0 N–H and O–H groups in total. The van der Waals surface area contributed by atoms with Gasteiger partial charge in [0.1, 0.15) is 11.7 Å². The largest absolute Gasteiger partial charge is 0.497 e. The average Bonchev–Trinajstić information content (AvgIpc) is 2.80. The van der Waals surface area contributed by atoms with E-state index >= 15 is 0 Å². The summed E-state index contributed by atoms with van der Waals surface area (Å²) in [6.07, 6.45) is 0.